The molecule has 4 aliphatic rings. The zero-order valence-electron chi connectivity index (χ0n) is 37.7. The summed E-state index contributed by atoms with van der Waals surface area (Å²) in [6, 6.07) is 22.5. The van der Waals surface area contributed by atoms with Gasteiger partial charge in [-0.25, -0.2) is 22.8 Å². The number of carbonyl (C=O) groups is 1. The van der Waals surface area contributed by atoms with Crippen molar-refractivity contribution >= 4 is 66.5 Å². The molecule has 0 saturated carbocycles. The number of anilines is 1. The SMILES string of the molecule is C[N+](=O)c1cc(S(=O)(=O)NC(=O)c2ccc(N3CCN(CC4=C(c5ccc(Cl)cc5)CC(C)(C)CC4)CC3)cc2-n2ncc3nc4[nH]ccc4cc32)ccc1CN1CCN(C2COC2)CC1. The average Bonchev–Trinajstić information content (AvgIpc) is 3.93. The Balaban J connectivity index is 0.895. The van der Waals surface area contributed by atoms with Crippen molar-refractivity contribution in [2.75, 3.05) is 84.1 Å². The van der Waals surface area contributed by atoms with Gasteiger partial charge in [0.15, 0.2) is 7.05 Å². The molecule has 1 amide bonds. The van der Waals surface area contributed by atoms with Gasteiger partial charge in [-0.1, -0.05) is 43.2 Å². The molecule has 1 aliphatic carbocycles. The number of fused-ring (bicyclic) bond motifs is 2. The molecule has 6 aromatic rings. The Morgan fingerprint density at radius 2 is 1.67 bits per heavy atom. The standard InChI is InChI=1S/C49H55ClN10O5S/c1-49(2)14-12-35(42(27-49)33-4-7-37(50)8-5-33)29-56-16-20-58(21-17-56)38-9-11-41(45(25-38)60-46-24-34-13-15-51-47(34)53-43(46)28-52-60)48(61)54-66(63,64)40-10-6-36(44(26-40)55(3)62)30-57-18-22-59(23-19-57)39-31-65-32-39/h4-11,13,15,24-26,28,39H,12,14,16-23,27,29-32H2,1-3H3,(H-,51,52,53,54,61)/p+1. The molecule has 6 heterocycles. The molecule has 3 saturated heterocycles. The van der Waals surface area contributed by atoms with Crippen LogP contribution >= 0.6 is 11.6 Å². The molecule has 3 aromatic carbocycles. The van der Waals surface area contributed by atoms with Crippen LogP contribution in [0.3, 0.4) is 0 Å². The van der Waals surface area contributed by atoms with E-state index in [2.05, 4.69) is 55.3 Å². The number of halogens is 1. The Kier molecular flexibility index (Phi) is 12.1. The summed E-state index contributed by atoms with van der Waals surface area (Å²) < 4.78 is 38.1. The molecule has 0 radical (unpaired) electrons. The number of allylic oxidation sites excluding steroid dienone is 1. The third-order valence-electron chi connectivity index (χ3n) is 13.9. The first-order valence-corrected chi connectivity index (χ1v) is 24.7. The highest BCUT2D eigenvalue weighted by Gasteiger charge is 2.32. The summed E-state index contributed by atoms with van der Waals surface area (Å²) >= 11 is 6.27. The number of carbonyl (C=O) groups excluding carboxylic acids is 1. The zero-order valence-corrected chi connectivity index (χ0v) is 39.2. The van der Waals surface area contributed by atoms with E-state index in [1.165, 1.54) is 35.9 Å². The average molecular weight is 933 g/mol. The van der Waals surface area contributed by atoms with Crippen LogP contribution in [0.2, 0.25) is 5.02 Å². The highest BCUT2D eigenvalue weighted by atomic mass is 35.5. The molecule has 17 heteroatoms. The van der Waals surface area contributed by atoms with Gasteiger partial charge in [0.05, 0.1) is 47.1 Å². The molecule has 3 aliphatic heterocycles. The number of sulfonamides is 1. The van der Waals surface area contributed by atoms with Gasteiger partial charge in [-0.05, 0) is 90.4 Å². The topological polar surface area (TPSA) is 152 Å². The van der Waals surface area contributed by atoms with Crippen LogP contribution in [0.25, 0.3) is 33.3 Å². The Morgan fingerprint density at radius 1 is 0.924 bits per heavy atom. The maximum atomic E-state index is 14.3. The molecule has 2 N–H and O–H groups in total. The lowest BCUT2D eigenvalue weighted by atomic mass is 9.72. The number of hydrogen-bond donors (Lipinski definition) is 2. The van der Waals surface area contributed by atoms with Crippen molar-refractivity contribution in [1.29, 1.82) is 0 Å². The molecule has 344 valence electrons. The summed E-state index contributed by atoms with van der Waals surface area (Å²) in [7, 11) is -3.07. The summed E-state index contributed by atoms with van der Waals surface area (Å²) in [4.78, 5) is 44.5. The van der Waals surface area contributed by atoms with Crippen LogP contribution in [0, 0.1) is 10.3 Å². The number of rotatable bonds is 12. The van der Waals surface area contributed by atoms with E-state index in [1.807, 2.05) is 42.6 Å². The lowest BCUT2D eigenvalue weighted by Gasteiger charge is -2.42. The van der Waals surface area contributed by atoms with E-state index >= 15 is 0 Å². The Hall–Kier alpha value is -5.49. The lowest BCUT2D eigenvalue weighted by molar-refractivity contribution is -0.429. The van der Waals surface area contributed by atoms with E-state index in [9.17, 15) is 18.1 Å². The Morgan fingerprint density at radius 3 is 2.39 bits per heavy atom. The van der Waals surface area contributed by atoms with E-state index in [4.69, 9.17) is 26.4 Å². The van der Waals surface area contributed by atoms with Crippen molar-refractivity contribution in [3.8, 4) is 5.69 Å². The largest absolute Gasteiger partial charge is 0.378 e. The Labute approximate surface area is 390 Å². The molecule has 66 heavy (non-hydrogen) atoms. The molecule has 0 bridgehead atoms. The van der Waals surface area contributed by atoms with Crippen LogP contribution < -0.4 is 9.62 Å². The van der Waals surface area contributed by atoms with Gasteiger partial charge < -0.3 is 14.6 Å². The molecular formula is C49H56ClN10O5S+. The van der Waals surface area contributed by atoms with Gasteiger partial charge >= 0.3 is 0 Å². The molecular weight excluding hydrogens is 876 g/mol. The number of nitrogens with zero attached hydrogens (tertiary/aromatic N) is 8. The highest BCUT2D eigenvalue weighted by molar-refractivity contribution is 7.90. The van der Waals surface area contributed by atoms with Crippen LogP contribution in [-0.4, -0.2) is 139 Å². The van der Waals surface area contributed by atoms with Crippen molar-refractivity contribution in [1.82, 2.24) is 39.2 Å². The van der Waals surface area contributed by atoms with Gasteiger partial charge in [-0.2, -0.15) is 5.10 Å². The summed E-state index contributed by atoms with van der Waals surface area (Å²) in [6.07, 6.45) is 6.70. The summed E-state index contributed by atoms with van der Waals surface area (Å²) in [5.74, 6) is -0.822. The van der Waals surface area contributed by atoms with E-state index in [-0.39, 0.29) is 21.6 Å². The molecule has 0 spiro atoms. The minimum absolute atomic E-state index is 0.118. The summed E-state index contributed by atoms with van der Waals surface area (Å²) in [6.45, 7) is 14.3. The number of aromatic nitrogens is 4. The number of H-pyrrole nitrogens is 1. The second-order valence-corrected chi connectivity index (χ2v) is 21.1. The number of nitroso groups, excluding NO2 is 1. The second-order valence-electron chi connectivity index (χ2n) is 19.0. The van der Waals surface area contributed by atoms with Crippen LogP contribution in [0.15, 0.2) is 95.7 Å². The van der Waals surface area contributed by atoms with Gasteiger partial charge in [0.2, 0.25) is 0 Å². The van der Waals surface area contributed by atoms with Gasteiger partial charge in [0, 0.05) is 109 Å². The van der Waals surface area contributed by atoms with Gasteiger partial charge in [-0.3, -0.25) is 19.5 Å². The van der Waals surface area contributed by atoms with Crippen molar-refractivity contribution in [2.45, 2.75) is 50.6 Å². The van der Waals surface area contributed by atoms with E-state index < -0.39 is 15.9 Å². The monoisotopic (exact) mass is 931 g/mol. The number of pyridine rings is 1. The number of piperazine rings is 2. The second kappa shape index (κ2) is 18.0. The first kappa shape index (κ1) is 44.4. The van der Waals surface area contributed by atoms with E-state index in [0.29, 0.717) is 45.3 Å². The van der Waals surface area contributed by atoms with Crippen LogP contribution in [0.4, 0.5) is 11.4 Å². The Bertz CT molecular complexity index is 2960. The number of nitrogens with one attached hydrogen (secondary N) is 2. The first-order valence-electron chi connectivity index (χ1n) is 22.8. The fourth-order valence-corrected chi connectivity index (χ4v) is 11.0. The molecule has 0 unspecified atom stereocenters. The summed E-state index contributed by atoms with van der Waals surface area (Å²) in [5, 5.41) is 6.31. The van der Waals surface area contributed by atoms with E-state index in [1.54, 1.807) is 23.0 Å². The fraction of sp³-hybridized carbons (Fsp3) is 0.408. The van der Waals surface area contributed by atoms with Crippen molar-refractivity contribution in [3.05, 3.63) is 117 Å². The number of benzene rings is 3. The minimum Gasteiger partial charge on any atom is -0.378 e. The normalized spacial score (nSPS) is 19.1. The van der Waals surface area contributed by atoms with Crippen LogP contribution in [0.5, 0.6) is 0 Å². The van der Waals surface area contributed by atoms with E-state index in [0.717, 1.165) is 107 Å². The van der Waals surface area contributed by atoms with Crippen LogP contribution in [0.1, 0.15) is 54.6 Å². The number of amides is 1. The molecule has 15 nitrogen and oxygen atoms in total. The van der Waals surface area contributed by atoms with Gasteiger partial charge in [0.1, 0.15) is 11.2 Å². The highest BCUT2D eigenvalue weighted by Crippen LogP contribution is 2.43. The van der Waals surface area contributed by atoms with Gasteiger partial charge in [-0.15, -0.1) is 0 Å². The molecule has 10 rings (SSSR count). The predicted molar refractivity (Wildman–Crippen MR) is 257 cm³/mol. The lowest BCUT2D eigenvalue weighted by Crippen LogP contribution is -2.56. The quantitative estimate of drug-likeness (QED) is 0.122. The molecule has 0 atom stereocenters. The van der Waals surface area contributed by atoms with Crippen molar-refractivity contribution < 1.29 is 22.7 Å². The third-order valence-corrected chi connectivity index (χ3v) is 15.5. The smallest absolute Gasteiger partial charge is 0.267 e. The predicted octanol–water partition coefficient (Wildman–Crippen LogP) is 7.02. The minimum atomic E-state index is -4.42. The molecule has 3 fully saturated rings. The number of hydrogen-bond acceptors (Lipinski definition) is 11. The third kappa shape index (κ3) is 9.14. The van der Waals surface area contributed by atoms with Crippen molar-refractivity contribution in [2.24, 2.45) is 5.41 Å². The number of ether oxygens (including phenoxy) is 1. The van der Waals surface area contributed by atoms with Gasteiger partial charge in [0.25, 0.3) is 21.6 Å². The van der Waals surface area contributed by atoms with Crippen molar-refractivity contribution in [3.63, 3.8) is 0 Å². The molecule has 3 aromatic heterocycles. The summed E-state index contributed by atoms with van der Waals surface area (Å²) in [5.41, 5.74) is 8.76. The maximum Gasteiger partial charge on any atom is 0.267 e. The number of aromatic amines is 1. The van der Waals surface area contributed by atoms with Crippen LogP contribution in [-0.2, 0) is 21.3 Å². The maximum absolute atomic E-state index is 14.3. The first-order chi connectivity index (χ1) is 31.8. The fourth-order valence-electron chi connectivity index (χ4n) is 9.93. The zero-order chi connectivity index (χ0) is 45.7.